The molecule has 0 aliphatic heterocycles. The van der Waals surface area contributed by atoms with Crippen LogP contribution in [-0.4, -0.2) is 57.1 Å². The van der Waals surface area contributed by atoms with Gasteiger partial charge in [0.2, 0.25) is 0 Å². The Labute approximate surface area is 121 Å². The maximum absolute atomic E-state index is 11.0. The number of nitrogens with zero attached hydrogens (tertiary/aromatic N) is 2. The monoisotopic (exact) mass is 244 g/mol. The first-order valence-corrected chi connectivity index (χ1v) is 4.83. The van der Waals surface area contributed by atoms with E-state index in [-0.39, 0.29) is 35.1 Å². The van der Waals surface area contributed by atoms with Gasteiger partial charge in [0.25, 0.3) is 0 Å². The third-order valence-corrected chi connectivity index (χ3v) is 2.35. The molecule has 0 saturated heterocycles. The van der Waals surface area contributed by atoms with E-state index in [4.69, 9.17) is 9.84 Å². The number of methoxy groups -OCH3 is 1. The van der Waals surface area contributed by atoms with Crippen molar-refractivity contribution >= 4 is 41.2 Å². The van der Waals surface area contributed by atoms with E-state index in [1.807, 2.05) is 13.0 Å². The fraction of sp³-hybridized carbons (Fsp3) is 0.273. The molecular weight excluding hydrogens is 231 g/mol. The molecule has 0 spiro atoms. The predicted molar refractivity (Wildman–Crippen MR) is 64.8 cm³/mol. The SMILES string of the molecule is COCc1cc(C)nc2c(C(=O)O)ccn12.[NaH]. The summed E-state index contributed by atoms with van der Waals surface area (Å²) in [4.78, 5) is 15.2. The van der Waals surface area contributed by atoms with E-state index >= 15 is 0 Å². The Kier molecular flexibility index (Phi) is 4.70. The van der Waals surface area contributed by atoms with E-state index in [9.17, 15) is 4.79 Å². The number of rotatable bonds is 3. The zero-order valence-electron chi connectivity index (χ0n) is 9.10. The van der Waals surface area contributed by atoms with Crippen molar-refractivity contribution in [2.24, 2.45) is 0 Å². The summed E-state index contributed by atoms with van der Waals surface area (Å²) < 4.78 is 6.80. The molecule has 0 saturated carbocycles. The molecule has 0 aliphatic rings. The van der Waals surface area contributed by atoms with Gasteiger partial charge in [-0.2, -0.15) is 0 Å². The molecular formula is C11H13N2NaO3. The van der Waals surface area contributed by atoms with Crippen molar-refractivity contribution in [3.8, 4) is 0 Å². The summed E-state index contributed by atoms with van der Waals surface area (Å²) in [6.07, 6.45) is 1.69. The van der Waals surface area contributed by atoms with Crippen molar-refractivity contribution in [2.45, 2.75) is 13.5 Å². The van der Waals surface area contributed by atoms with Crippen LogP contribution in [0.1, 0.15) is 21.7 Å². The van der Waals surface area contributed by atoms with Crippen LogP contribution in [0.4, 0.5) is 0 Å². The Bertz CT molecular complexity index is 551. The number of aromatic nitrogens is 2. The van der Waals surface area contributed by atoms with Gasteiger partial charge >= 0.3 is 35.5 Å². The number of ether oxygens (including phenoxy) is 1. The van der Waals surface area contributed by atoms with E-state index < -0.39 is 5.97 Å². The number of carbonyl (C=O) groups is 1. The molecule has 6 heteroatoms. The molecule has 5 nitrogen and oxygen atoms in total. The molecule has 0 aromatic carbocycles. The van der Waals surface area contributed by atoms with Gasteiger partial charge in [0, 0.05) is 19.0 Å². The Morgan fingerprint density at radius 2 is 2.29 bits per heavy atom. The van der Waals surface area contributed by atoms with E-state index in [1.54, 1.807) is 23.8 Å². The first-order chi connectivity index (χ1) is 7.63. The number of fused-ring (bicyclic) bond motifs is 1. The number of hydrogen-bond acceptors (Lipinski definition) is 3. The predicted octanol–water partition coefficient (Wildman–Crippen LogP) is 0.839. The quantitative estimate of drug-likeness (QED) is 0.812. The third kappa shape index (κ3) is 2.69. The topological polar surface area (TPSA) is 63.8 Å². The maximum atomic E-state index is 11.0. The first kappa shape index (κ1) is 14.2. The summed E-state index contributed by atoms with van der Waals surface area (Å²) in [5, 5.41) is 9.00. The number of carboxylic acids is 1. The molecule has 0 atom stereocenters. The molecule has 2 aromatic heterocycles. The molecule has 2 aromatic rings. The molecule has 0 unspecified atom stereocenters. The molecule has 2 rings (SSSR count). The molecule has 2 heterocycles. The minimum atomic E-state index is -0.969. The standard InChI is InChI=1S/C11H12N2O3.Na.H/c1-7-5-8(6-16-2)13-4-3-9(11(14)15)10(13)12-7;;/h3-5H,6H2,1-2H3,(H,14,15);;. The molecule has 17 heavy (non-hydrogen) atoms. The zero-order chi connectivity index (χ0) is 11.7. The van der Waals surface area contributed by atoms with Crippen LogP contribution in [0.15, 0.2) is 18.3 Å². The summed E-state index contributed by atoms with van der Waals surface area (Å²) in [5.74, 6) is -0.969. The van der Waals surface area contributed by atoms with Gasteiger partial charge in [-0.15, -0.1) is 0 Å². The van der Waals surface area contributed by atoms with Crippen molar-refractivity contribution in [1.29, 1.82) is 0 Å². The van der Waals surface area contributed by atoms with Crippen LogP contribution in [0.25, 0.3) is 5.65 Å². The number of hydrogen-bond donors (Lipinski definition) is 1. The van der Waals surface area contributed by atoms with E-state index in [2.05, 4.69) is 4.98 Å². The summed E-state index contributed by atoms with van der Waals surface area (Å²) in [6, 6.07) is 3.42. The van der Waals surface area contributed by atoms with Crippen LogP contribution in [0.3, 0.4) is 0 Å². The van der Waals surface area contributed by atoms with Gasteiger partial charge in [0.1, 0.15) is 5.56 Å². The van der Waals surface area contributed by atoms with E-state index in [0.717, 1.165) is 11.4 Å². The Balaban J connectivity index is 0.00000144. The molecule has 0 fully saturated rings. The second-order valence-electron chi connectivity index (χ2n) is 3.55. The molecule has 0 aliphatic carbocycles. The molecule has 0 radical (unpaired) electrons. The Morgan fingerprint density at radius 1 is 1.59 bits per heavy atom. The van der Waals surface area contributed by atoms with Crippen molar-refractivity contribution in [3.63, 3.8) is 0 Å². The van der Waals surface area contributed by atoms with Crippen LogP contribution in [0, 0.1) is 6.92 Å². The van der Waals surface area contributed by atoms with Crippen molar-refractivity contribution in [2.75, 3.05) is 7.11 Å². The summed E-state index contributed by atoms with van der Waals surface area (Å²) in [6.45, 7) is 2.26. The van der Waals surface area contributed by atoms with Gasteiger partial charge in [-0.25, -0.2) is 9.78 Å². The van der Waals surface area contributed by atoms with Gasteiger partial charge in [0.05, 0.1) is 12.3 Å². The van der Waals surface area contributed by atoms with Gasteiger partial charge in [-0.05, 0) is 19.1 Å². The van der Waals surface area contributed by atoms with Crippen molar-refractivity contribution in [1.82, 2.24) is 9.38 Å². The molecule has 1 N–H and O–H groups in total. The van der Waals surface area contributed by atoms with E-state index in [1.165, 1.54) is 0 Å². The molecule has 0 bridgehead atoms. The van der Waals surface area contributed by atoms with Gasteiger partial charge in [0.15, 0.2) is 5.65 Å². The Morgan fingerprint density at radius 3 is 2.88 bits per heavy atom. The summed E-state index contributed by atoms with van der Waals surface area (Å²) >= 11 is 0. The number of aromatic carboxylic acids is 1. The first-order valence-electron chi connectivity index (χ1n) is 4.83. The second kappa shape index (κ2) is 5.64. The normalized spacial score (nSPS) is 10.2. The fourth-order valence-corrected chi connectivity index (χ4v) is 1.71. The van der Waals surface area contributed by atoms with Crippen LogP contribution in [0.2, 0.25) is 0 Å². The molecule has 86 valence electrons. The number of carboxylic acid groups (broad SMARTS) is 1. The summed E-state index contributed by atoms with van der Waals surface area (Å²) in [5.41, 5.74) is 2.33. The second-order valence-corrected chi connectivity index (χ2v) is 3.55. The van der Waals surface area contributed by atoms with Crippen LogP contribution in [-0.2, 0) is 11.3 Å². The van der Waals surface area contributed by atoms with Gasteiger partial charge in [-0.3, -0.25) is 0 Å². The fourth-order valence-electron chi connectivity index (χ4n) is 1.71. The van der Waals surface area contributed by atoms with E-state index in [0.29, 0.717) is 12.3 Å². The van der Waals surface area contributed by atoms with Gasteiger partial charge < -0.3 is 14.2 Å². The zero-order valence-corrected chi connectivity index (χ0v) is 9.10. The minimum absolute atomic E-state index is 0. The van der Waals surface area contributed by atoms with Crippen LogP contribution in [0.5, 0.6) is 0 Å². The third-order valence-electron chi connectivity index (χ3n) is 2.35. The van der Waals surface area contributed by atoms with Crippen LogP contribution < -0.4 is 0 Å². The summed E-state index contributed by atoms with van der Waals surface area (Å²) in [7, 11) is 1.60. The average molecular weight is 244 g/mol. The van der Waals surface area contributed by atoms with Gasteiger partial charge in [-0.1, -0.05) is 0 Å². The van der Waals surface area contributed by atoms with Crippen molar-refractivity contribution in [3.05, 3.63) is 35.3 Å². The average Bonchev–Trinajstić information content (AvgIpc) is 2.61. The number of aryl methyl sites for hydroxylation is 1. The van der Waals surface area contributed by atoms with Crippen LogP contribution >= 0.6 is 0 Å². The Hall–Kier alpha value is -0.880. The van der Waals surface area contributed by atoms with Crippen molar-refractivity contribution < 1.29 is 14.6 Å². The molecule has 0 amide bonds.